The lowest BCUT2D eigenvalue weighted by Gasteiger charge is -2.36. The number of fused-ring (bicyclic) bond motifs is 2. The van der Waals surface area contributed by atoms with Gasteiger partial charge in [0.15, 0.2) is 0 Å². The molecule has 0 fully saturated rings. The molecule has 0 saturated heterocycles. The van der Waals surface area contributed by atoms with E-state index >= 15 is 0 Å². The molecule has 3 rings (SSSR count). The number of halogens is 1. The third-order valence-electron chi connectivity index (χ3n) is 3.44. The van der Waals surface area contributed by atoms with E-state index in [0.29, 0.717) is 0 Å². The van der Waals surface area contributed by atoms with Crippen molar-refractivity contribution in [2.45, 2.75) is 13.1 Å². The summed E-state index contributed by atoms with van der Waals surface area (Å²) in [6.45, 7) is 4.81. The van der Waals surface area contributed by atoms with Gasteiger partial charge in [-0.1, -0.05) is 43.4 Å². The summed E-state index contributed by atoms with van der Waals surface area (Å²) in [6, 6.07) is 19.2. The molecule has 17 heavy (non-hydrogen) atoms. The van der Waals surface area contributed by atoms with Crippen LogP contribution >= 0.6 is 22.9 Å². The molecule has 0 saturated carbocycles. The van der Waals surface area contributed by atoms with Crippen LogP contribution in [0.4, 0.5) is 11.4 Å². The number of para-hydroxylation sites is 1. The van der Waals surface area contributed by atoms with Crippen molar-refractivity contribution in [3.63, 3.8) is 0 Å². The van der Waals surface area contributed by atoms with Gasteiger partial charge in [0.25, 0.3) is 0 Å². The Morgan fingerprint density at radius 1 is 1.12 bits per heavy atom. The average molecular weight is 349 g/mol. The van der Waals surface area contributed by atoms with Gasteiger partial charge >= 0.3 is 0 Å². The molecule has 1 nitrogen and oxygen atoms in total. The summed E-state index contributed by atoms with van der Waals surface area (Å²) >= 11 is 2.36. The lowest BCUT2D eigenvalue weighted by molar-refractivity contribution is 1.47. The van der Waals surface area contributed by atoms with Gasteiger partial charge in [0.2, 0.25) is 0 Å². The molecule has 1 aliphatic rings. The zero-order valence-electron chi connectivity index (χ0n) is 9.79. The second kappa shape index (κ2) is 3.75. The summed E-state index contributed by atoms with van der Waals surface area (Å²) in [5.41, 5.74) is 2.50. The fourth-order valence-corrected chi connectivity index (χ4v) is 6.64. The topological polar surface area (TPSA) is 3.24 Å². The number of rotatable bonds is 0. The van der Waals surface area contributed by atoms with Crippen molar-refractivity contribution in [2.75, 3.05) is 3.11 Å². The SMILES string of the molecule is C[Si]1(C)c2ccc#cc2N(I)c2ccccc21. The lowest BCUT2D eigenvalue weighted by Crippen LogP contribution is -2.57. The Bertz CT molecular complexity index is 530. The average Bonchev–Trinajstić information content (AvgIpc) is 2.37. The van der Waals surface area contributed by atoms with Crippen LogP contribution in [0.3, 0.4) is 0 Å². The molecule has 0 aromatic heterocycles. The first-order valence-corrected chi connectivity index (χ1v) is 9.57. The second-order valence-electron chi connectivity index (χ2n) is 4.79. The number of nitrogens with zero attached hydrogens (tertiary/aromatic N) is 1. The minimum Gasteiger partial charge on any atom is -0.275 e. The maximum Gasteiger partial charge on any atom is 0.118 e. The smallest absolute Gasteiger partial charge is 0.118 e. The van der Waals surface area contributed by atoms with E-state index in [1.165, 1.54) is 21.7 Å². The molecule has 0 unspecified atom stereocenters. The van der Waals surface area contributed by atoms with Crippen molar-refractivity contribution >= 4 is 52.7 Å². The molecule has 2 aromatic carbocycles. The van der Waals surface area contributed by atoms with Gasteiger partial charge in [-0.3, -0.25) is 3.11 Å². The van der Waals surface area contributed by atoms with Crippen molar-refractivity contribution in [2.24, 2.45) is 0 Å². The molecule has 0 N–H and O–H groups in total. The maximum atomic E-state index is 3.26. The Hall–Kier alpha value is -0.993. The molecule has 2 aromatic rings. The first kappa shape index (κ1) is 11.1. The normalized spacial score (nSPS) is 15.8. The van der Waals surface area contributed by atoms with Crippen molar-refractivity contribution < 1.29 is 0 Å². The molecule has 0 bridgehead atoms. The number of anilines is 2. The Balaban J connectivity index is 2.34. The zero-order valence-corrected chi connectivity index (χ0v) is 12.9. The highest BCUT2D eigenvalue weighted by atomic mass is 127. The van der Waals surface area contributed by atoms with Gasteiger partial charge in [-0.2, -0.15) is 0 Å². The minimum absolute atomic E-state index is 1.18. The lowest BCUT2D eigenvalue weighted by atomic mass is 10.3. The summed E-state index contributed by atoms with van der Waals surface area (Å²) in [7, 11) is -1.57. The van der Waals surface area contributed by atoms with Crippen molar-refractivity contribution in [3.8, 4) is 0 Å². The van der Waals surface area contributed by atoms with Crippen molar-refractivity contribution in [1.82, 2.24) is 0 Å². The predicted molar refractivity (Wildman–Crippen MR) is 83.5 cm³/mol. The fourth-order valence-electron chi connectivity index (χ4n) is 2.48. The van der Waals surface area contributed by atoms with Crippen LogP contribution in [0.15, 0.2) is 36.4 Å². The van der Waals surface area contributed by atoms with E-state index in [2.05, 4.69) is 81.5 Å². The highest BCUT2D eigenvalue weighted by molar-refractivity contribution is 14.1. The van der Waals surface area contributed by atoms with E-state index in [1.54, 1.807) is 0 Å². The van der Waals surface area contributed by atoms with Crippen molar-refractivity contribution in [3.05, 3.63) is 48.5 Å². The van der Waals surface area contributed by atoms with Crippen molar-refractivity contribution in [1.29, 1.82) is 0 Å². The molecular weight excluding hydrogens is 337 g/mol. The van der Waals surface area contributed by atoms with Crippen LogP contribution in [0.5, 0.6) is 0 Å². The summed E-state index contributed by atoms with van der Waals surface area (Å²) in [4.78, 5) is 0. The van der Waals surface area contributed by atoms with Gasteiger partial charge in [0.1, 0.15) is 13.8 Å². The molecule has 0 spiro atoms. The van der Waals surface area contributed by atoms with E-state index in [9.17, 15) is 0 Å². The number of hydrogen-bond donors (Lipinski definition) is 0. The van der Waals surface area contributed by atoms with Crippen LogP contribution in [0.2, 0.25) is 13.1 Å². The van der Waals surface area contributed by atoms with Gasteiger partial charge in [-0.25, -0.2) is 0 Å². The molecule has 1 aliphatic heterocycles. The van der Waals surface area contributed by atoms with E-state index in [1.807, 2.05) is 6.07 Å². The Labute approximate surface area is 117 Å². The second-order valence-corrected chi connectivity index (χ2v) is 10.1. The van der Waals surface area contributed by atoms with Gasteiger partial charge in [-0.05, 0) is 28.6 Å². The summed E-state index contributed by atoms with van der Waals surface area (Å²) in [6.07, 6.45) is 0. The fraction of sp³-hybridized carbons (Fsp3) is 0.143. The van der Waals surface area contributed by atoms with Crippen LogP contribution in [-0.2, 0) is 0 Å². The van der Waals surface area contributed by atoms with E-state index in [-0.39, 0.29) is 0 Å². The van der Waals surface area contributed by atoms with Gasteiger partial charge in [0.05, 0.1) is 28.6 Å². The summed E-state index contributed by atoms with van der Waals surface area (Å²) < 4.78 is 2.21. The van der Waals surface area contributed by atoms with Crippen LogP contribution in [0, 0.1) is 12.1 Å². The van der Waals surface area contributed by atoms with Gasteiger partial charge in [-0.15, -0.1) is 0 Å². The molecule has 0 aliphatic carbocycles. The van der Waals surface area contributed by atoms with Crippen LogP contribution < -0.4 is 13.5 Å². The van der Waals surface area contributed by atoms with Crippen LogP contribution in [0.1, 0.15) is 0 Å². The van der Waals surface area contributed by atoms with Crippen LogP contribution in [0.25, 0.3) is 0 Å². The van der Waals surface area contributed by atoms with E-state index in [0.717, 1.165) is 0 Å². The molecule has 0 amide bonds. The molecule has 0 atom stereocenters. The summed E-state index contributed by atoms with van der Waals surface area (Å²) in [5.74, 6) is 0. The highest BCUT2D eigenvalue weighted by Crippen LogP contribution is 2.32. The zero-order chi connectivity index (χ0) is 12.0. The first-order valence-electron chi connectivity index (χ1n) is 5.60. The van der Waals surface area contributed by atoms with E-state index < -0.39 is 8.07 Å². The quantitative estimate of drug-likeness (QED) is 0.402. The third-order valence-corrected chi connectivity index (χ3v) is 7.96. The Morgan fingerprint density at radius 3 is 2.71 bits per heavy atom. The Morgan fingerprint density at radius 2 is 1.88 bits per heavy atom. The van der Waals surface area contributed by atoms with Crippen LogP contribution in [-0.4, -0.2) is 8.07 Å². The maximum absolute atomic E-state index is 3.26. The highest BCUT2D eigenvalue weighted by Gasteiger charge is 2.37. The molecule has 0 radical (unpaired) electrons. The minimum atomic E-state index is -1.57. The monoisotopic (exact) mass is 349 g/mol. The Kier molecular flexibility index (Phi) is 2.45. The first-order chi connectivity index (χ1) is 8.12. The molecule has 1 heterocycles. The summed E-state index contributed by atoms with van der Waals surface area (Å²) in [5, 5.41) is 2.95. The predicted octanol–water partition coefficient (Wildman–Crippen LogP) is 2.91. The molecular formula is C14H12INSi. The number of benzene rings is 1. The standard InChI is InChI=1S/C14H12INSi/c1-17(2)13-9-5-3-7-11(13)16(15)12-8-4-6-10-14(12)17/h3,5-7,9-10H,1-2H3. The molecule has 84 valence electrons. The number of hydrogen-bond acceptors (Lipinski definition) is 1. The molecule has 3 heteroatoms. The largest absolute Gasteiger partial charge is 0.275 e. The van der Waals surface area contributed by atoms with Gasteiger partial charge in [0, 0.05) is 0 Å². The van der Waals surface area contributed by atoms with E-state index in [4.69, 9.17) is 0 Å². The van der Waals surface area contributed by atoms with Gasteiger partial charge < -0.3 is 0 Å². The third kappa shape index (κ3) is 1.51.